The molecule has 7 nitrogen and oxygen atoms in total. The van der Waals surface area contributed by atoms with Crippen molar-refractivity contribution in [2.75, 3.05) is 11.5 Å². The van der Waals surface area contributed by atoms with Crippen LogP contribution in [0.25, 0.3) is 12.2 Å². The Bertz CT molecular complexity index is 1030. The van der Waals surface area contributed by atoms with E-state index in [-0.39, 0.29) is 5.78 Å². The number of ether oxygens (including phenoxy) is 2. The van der Waals surface area contributed by atoms with E-state index in [1.54, 1.807) is 60.3 Å². The summed E-state index contributed by atoms with van der Waals surface area (Å²) < 4.78 is 10.8. The van der Waals surface area contributed by atoms with Gasteiger partial charge in [-0.05, 0) is 61.4 Å². The van der Waals surface area contributed by atoms with Gasteiger partial charge in [0.15, 0.2) is 18.0 Å². The van der Waals surface area contributed by atoms with Crippen LogP contribution in [0.2, 0.25) is 0 Å². The molecule has 2 unspecified atom stereocenters. The molecule has 1 aliphatic rings. The van der Waals surface area contributed by atoms with Gasteiger partial charge in [0, 0.05) is 22.7 Å². The van der Waals surface area contributed by atoms with Crippen LogP contribution in [-0.4, -0.2) is 51.6 Å². The second-order valence-electron chi connectivity index (χ2n) is 7.50. The second kappa shape index (κ2) is 10.9. The second-order valence-corrected chi connectivity index (χ2v) is 8.49. The summed E-state index contributed by atoms with van der Waals surface area (Å²) in [4.78, 5) is 35.1. The molecule has 2 aromatic carbocycles. The number of rotatable bonds is 8. The molecule has 172 valence electrons. The van der Waals surface area contributed by atoms with E-state index < -0.39 is 24.1 Å². The minimum absolute atomic E-state index is 0.0656. The molecule has 1 aliphatic heterocycles. The number of carbonyl (C=O) groups is 3. The van der Waals surface area contributed by atoms with Gasteiger partial charge in [0.05, 0.1) is 0 Å². The van der Waals surface area contributed by atoms with E-state index in [0.717, 1.165) is 11.1 Å². The van der Waals surface area contributed by atoms with Gasteiger partial charge in [-0.3, -0.25) is 4.79 Å². The van der Waals surface area contributed by atoms with E-state index >= 15 is 0 Å². The molecule has 1 saturated heterocycles. The fourth-order valence-corrected chi connectivity index (χ4v) is 4.06. The largest absolute Gasteiger partial charge is 0.479 e. The molecule has 8 heteroatoms. The number of thioether (sulfide) groups is 1. The number of ketones is 1. The van der Waals surface area contributed by atoms with Gasteiger partial charge in [-0.25, -0.2) is 9.59 Å². The molecule has 0 saturated carbocycles. The highest BCUT2D eigenvalue weighted by atomic mass is 32.2. The summed E-state index contributed by atoms with van der Waals surface area (Å²) in [5.41, 5.74) is 2.75. The standard InChI is InChI=1S/C25H24O7S/c1-15(24(27)28)31-21-7-3-5-17(11-21)9-19-13-33-14-20(23(19)26)10-18-6-4-8-22(12-18)32-16(2)25(29)30/h3-12,15-16H,13-14H2,1-2H3,(H,27,28)(H,29,30)/b19-9-,20-10+. The van der Waals surface area contributed by atoms with Crippen LogP contribution in [-0.2, 0) is 14.4 Å². The Kier molecular flexibility index (Phi) is 7.95. The summed E-state index contributed by atoms with van der Waals surface area (Å²) in [6.07, 6.45) is 1.61. The van der Waals surface area contributed by atoms with Crippen LogP contribution in [0.5, 0.6) is 11.5 Å². The molecule has 0 bridgehead atoms. The number of hydrogen-bond acceptors (Lipinski definition) is 6. The predicted molar refractivity (Wildman–Crippen MR) is 127 cm³/mol. The summed E-state index contributed by atoms with van der Waals surface area (Å²) in [7, 11) is 0. The average molecular weight is 469 g/mol. The Morgan fingerprint density at radius 3 is 1.67 bits per heavy atom. The van der Waals surface area contributed by atoms with Crippen molar-refractivity contribution >= 4 is 41.6 Å². The van der Waals surface area contributed by atoms with Gasteiger partial charge in [0.1, 0.15) is 11.5 Å². The van der Waals surface area contributed by atoms with Crippen molar-refractivity contribution in [2.45, 2.75) is 26.1 Å². The highest BCUT2D eigenvalue weighted by molar-refractivity contribution is 7.99. The van der Waals surface area contributed by atoms with Gasteiger partial charge in [-0.1, -0.05) is 24.3 Å². The zero-order valence-electron chi connectivity index (χ0n) is 18.2. The zero-order chi connectivity index (χ0) is 24.0. The highest BCUT2D eigenvalue weighted by Gasteiger charge is 2.21. The summed E-state index contributed by atoms with van der Waals surface area (Å²) in [5.74, 6) is -0.225. The first-order valence-corrected chi connectivity index (χ1v) is 11.4. The minimum Gasteiger partial charge on any atom is -0.479 e. The molecule has 0 radical (unpaired) electrons. The van der Waals surface area contributed by atoms with Gasteiger partial charge >= 0.3 is 11.9 Å². The third kappa shape index (κ3) is 6.73. The molecule has 0 amide bonds. The molecule has 3 rings (SSSR count). The van der Waals surface area contributed by atoms with Crippen LogP contribution < -0.4 is 9.47 Å². The van der Waals surface area contributed by atoms with Crippen molar-refractivity contribution in [3.05, 3.63) is 70.8 Å². The van der Waals surface area contributed by atoms with Crippen LogP contribution in [0.4, 0.5) is 0 Å². The lowest BCUT2D eigenvalue weighted by molar-refractivity contribution is -0.145. The van der Waals surface area contributed by atoms with Crippen LogP contribution in [0.3, 0.4) is 0 Å². The van der Waals surface area contributed by atoms with Crippen LogP contribution in [0.1, 0.15) is 25.0 Å². The monoisotopic (exact) mass is 468 g/mol. The molecular weight excluding hydrogens is 444 g/mol. The first-order chi connectivity index (χ1) is 15.7. The number of benzene rings is 2. The van der Waals surface area contributed by atoms with Crippen molar-refractivity contribution in [3.8, 4) is 11.5 Å². The minimum atomic E-state index is -1.06. The molecule has 0 spiro atoms. The normalized spacial score (nSPS) is 18.1. The highest BCUT2D eigenvalue weighted by Crippen LogP contribution is 2.28. The lowest BCUT2D eigenvalue weighted by Gasteiger charge is -2.17. The lowest BCUT2D eigenvalue weighted by atomic mass is 10.0. The first kappa shape index (κ1) is 24.1. The predicted octanol–water partition coefficient (Wildman–Crippen LogP) is 4.17. The van der Waals surface area contributed by atoms with E-state index in [0.29, 0.717) is 34.2 Å². The van der Waals surface area contributed by atoms with Gasteiger partial charge in [0.25, 0.3) is 0 Å². The number of carboxylic acid groups (broad SMARTS) is 2. The maximum atomic E-state index is 13.1. The molecule has 0 aliphatic carbocycles. The number of aliphatic carboxylic acids is 2. The van der Waals surface area contributed by atoms with Crippen molar-refractivity contribution in [3.63, 3.8) is 0 Å². The average Bonchev–Trinajstić information content (AvgIpc) is 2.77. The molecule has 2 aromatic rings. The van der Waals surface area contributed by atoms with E-state index in [1.807, 2.05) is 12.1 Å². The van der Waals surface area contributed by atoms with E-state index in [2.05, 4.69) is 0 Å². The zero-order valence-corrected chi connectivity index (χ0v) is 19.0. The van der Waals surface area contributed by atoms with E-state index in [1.165, 1.54) is 13.8 Å². The van der Waals surface area contributed by atoms with Crippen molar-refractivity contribution in [1.29, 1.82) is 0 Å². The van der Waals surface area contributed by atoms with Gasteiger partial charge in [-0.2, -0.15) is 11.8 Å². The fourth-order valence-electron chi connectivity index (χ4n) is 3.09. The number of Topliss-reactive ketones (excluding diaryl/α,β-unsaturated/α-hetero) is 1. The van der Waals surface area contributed by atoms with Crippen LogP contribution in [0.15, 0.2) is 59.7 Å². The van der Waals surface area contributed by atoms with E-state index in [4.69, 9.17) is 19.7 Å². The molecule has 2 atom stereocenters. The summed E-state index contributed by atoms with van der Waals surface area (Å²) >= 11 is 1.62. The topological polar surface area (TPSA) is 110 Å². The molecule has 0 aromatic heterocycles. The van der Waals surface area contributed by atoms with E-state index in [9.17, 15) is 14.4 Å². The number of carbonyl (C=O) groups excluding carboxylic acids is 1. The molecule has 1 heterocycles. The van der Waals surface area contributed by atoms with Gasteiger partial charge < -0.3 is 19.7 Å². The smallest absolute Gasteiger partial charge is 0.344 e. The van der Waals surface area contributed by atoms with Crippen LogP contribution >= 0.6 is 11.8 Å². The Morgan fingerprint density at radius 1 is 0.848 bits per heavy atom. The maximum Gasteiger partial charge on any atom is 0.344 e. The Hall–Kier alpha value is -3.52. The Labute approximate surface area is 195 Å². The molecule has 2 N–H and O–H groups in total. The molecule has 33 heavy (non-hydrogen) atoms. The SMILES string of the molecule is CC(Oc1cccc(/C=C2\CSC/C(=C/c3cccc(OC(C)C(=O)O)c3)C2=O)c1)C(=O)O. The third-order valence-corrected chi connectivity index (χ3v) is 5.85. The lowest BCUT2D eigenvalue weighted by Crippen LogP contribution is -2.22. The van der Waals surface area contributed by atoms with Crippen molar-refractivity contribution < 1.29 is 34.1 Å². The maximum absolute atomic E-state index is 13.1. The summed E-state index contributed by atoms with van der Waals surface area (Å²) in [5, 5.41) is 18.0. The molecule has 1 fully saturated rings. The molecular formula is C25H24O7S. The summed E-state index contributed by atoms with van der Waals surface area (Å²) in [6.45, 7) is 2.91. The number of hydrogen-bond donors (Lipinski definition) is 2. The van der Waals surface area contributed by atoms with Crippen LogP contribution in [0, 0.1) is 0 Å². The third-order valence-electron chi connectivity index (χ3n) is 4.82. The van der Waals surface area contributed by atoms with Crippen molar-refractivity contribution in [1.82, 2.24) is 0 Å². The fraction of sp³-hybridized carbons (Fsp3) is 0.240. The Balaban J connectivity index is 1.79. The number of carboxylic acids is 2. The first-order valence-electron chi connectivity index (χ1n) is 10.3. The Morgan fingerprint density at radius 2 is 1.27 bits per heavy atom. The van der Waals surface area contributed by atoms with Gasteiger partial charge in [0.2, 0.25) is 0 Å². The van der Waals surface area contributed by atoms with Gasteiger partial charge in [-0.15, -0.1) is 0 Å². The van der Waals surface area contributed by atoms with Crippen molar-refractivity contribution in [2.24, 2.45) is 0 Å². The summed E-state index contributed by atoms with van der Waals surface area (Å²) in [6, 6.07) is 13.9. The quantitative estimate of drug-likeness (QED) is 0.556.